The monoisotopic (exact) mass is 644 g/mol. The van der Waals surface area contributed by atoms with Gasteiger partial charge in [0.15, 0.2) is 0 Å². The molecule has 4 unspecified atom stereocenters. The van der Waals surface area contributed by atoms with E-state index in [2.05, 4.69) is 43.5 Å². The molecule has 0 bridgehead atoms. The first-order chi connectivity index (χ1) is 21.3. The van der Waals surface area contributed by atoms with Crippen molar-refractivity contribution in [2.75, 3.05) is 19.8 Å². The second kappa shape index (κ2) is 30.3. The lowest BCUT2D eigenvalue weighted by molar-refractivity contribution is -0.124. The Balaban J connectivity index is 4.52. The van der Waals surface area contributed by atoms with Gasteiger partial charge in [-0.05, 0) is 44.9 Å². The number of aliphatic hydroxyl groups is 2. The van der Waals surface area contributed by atoms with Crippen molar-refractivity contribution in [1.82, 2.24) is 5.32 Å². The molecule has 258 valence electrons. The van der Waals surface area contributed by atoms with Crippen molar-refractivity contribution in [2.24, 2.45) is 5.73 Å². The van der Waals surface area contributed by atoms with E-state index in [1.165, 1.54) is 51.4 Å². The number of amides is 1. The third kappa shape index (κ3) is 28.2. The van der Waals surface area contributed by atoms with Gasteiger partial charge < -0.3 is 26.2 Å². The van der Waals surface area contributed by atoms with Gasteiger partial charge in [0, 0.05) is 6.54 Å². The van der Waals surface area contributed by atoms with Crippen LogP contribution in [0.2, 0.25) is 0 Å². The van der Waals surface area contributed by atoms with Gasteiger partial charge in [0.2, 0.25) is 5.91 Å². The summed E-state index contributed by atoms with van der Waals surface area (Å²) in [6.45, 7) is 3.85. The fraction of sp³-hybridized carbons (Fsp3) is 0.794. The molecule has 0 rings (SSSR count). The van der Waals surface area contributed by atoms with Gasteiger partial charge in [0.25, 0.3) is 0 Å². The van der Waals surface area contributed by atoms with Crippen molar-refractivity contribution in [1.29, 1.82) is 0 Å². The number of allylic oxidation sites excluding steroid dienone is 5. The number of nitrogens with two attached hydrogens (primary N) is 1. The lowest BCUT2D eigenvalue weighted by Crippen LogP contribution is -2.46. The number of nitrogens with one attached hydrogen (secondary N) is 1. The van der Waals surface area contributed by atoms with Gasteiger partial charge in [0.1, 0.15) is 0 Å². The summed E-state index contributed by atoms with van der Waals surface area (Å²) in [5, 5.41) is 23.8. The molecule has 0 aliphatic carbocycles. The predicted octanol–water partition coefficient (Wildman–Crippen LogP) is 7.41. The quantitative estimate of drug-likeness (QED) is 0.0227. The Bertz CT molecular complexity index is 806. The average Bonchev–Trinajstić information content (AvgIpc) is 2.99. The summed E-state index contributed by atoms with van der Waals surface area (Å²) in [6, 6.07) is -0.985. The topological polar surface area (TPSA) is 151 Å². The Morgan fingerprint density at radius 3 is 1.93 bits per heavy atom. The Kier molecular flexibility index (Phi) is 29.4. The normalized spacial score (nSPS) is 15.7. The molecule has 0 saturated heterocycles. The van der Waals surface area contributed by atoms with E-state index in [4.69, 9.17) is 14.8 Å². The summed E-state index contributed by atoms with van der Waals surface area (Å²) in [5.74, 6) is -0.464. The van der Waals surface area contributed by atoms with Crippen molar-refractivity contribution >= 4 is 13.7 Å². The van der Waals surface area contributed by atoms with Gasteiger partial charge in [-0.2, -0.15) is 0 Å². The van der Waals surface area contributed by atoms with E-state index in [1.807, 2.05) is 6.08 Å². The molecule has 44 heavy (non-hydrogen) atoms. The first-order valence-corrected chi connectivity index (χ1v) is 18.7. The molecule has 0 saturated carbocycles. The van der Waals surface area contributed by atoms with Crippen LogP contribution in [-0.2, 0) is 18.4 Å². The van der Waals surface area contributed by atoms with Crippen LogP contribution in [0.1, 0.15) is 136 Å². The molecule has 10 heteroatoms. The first kappa shape index (κ1) is 42.7. The Morgan fingerprint density at radius 1 is 0.795 bits per heavy atom. The second-order valence-electron chi connectivity index (χ2n) is 11.6. The third-order valence-corrected chi connectivity index (χ3v) is 8.28. The van der Waals surface area contributed by atoms with Crippen molar-refractivity contribution in [2.45, 2.75) is 154 Å². The second-order valence-corrected chi connectivity index (χ2v) is 13.0. The maximum absolute atomic E-state index is 12.7. The summed E-state index contributed by atoms with van der Waals surface area (Å²) in [4.78, 5) is 22.5. The molecule has 0 fully saturated rings. The minimum atomic E-state index is -4.39. The lowest BCUT2D eigenvalue weighted by atomic mass is 10.0. The molecule has 0 heterocycles. The maximum Gasteiger partial charge on any atom is 0.472 e. The van der Waals surface area contributed by atoms with Gasteiger partial charge in [-0.1, -0.05) is 121 Å². The number of carbonyl (C=O) groups excluding carboxylic acids is 1. The van der Waals surface area contributed by atoms with Crippen molar-refractivity contribution in [3.63, 3.8) is 0 Å². The molecule has 0 aliphatic heterocycles. The maximum atomic E-state index is 12.7. The number of rotatable bonds is 31. The molecule has 0 aromatic rings. The zero-order chi connectivity index (χ0) is 32.7. The first-order valence-electron chi connectivity index (χ1n) is 17.2. The molecule has 0 aromatic carbocycles. The Labute approximate surface area is 268 Å². The highest BCUT2D eigenvalue weighted by Gasteiger charge is 2.27. The van der Waals surface area contributed by atoms with Crippen molar-refractivity contribution in [3.05, 3.63) is 36.5 Å². The highest BCUT2D eigenvalue weighted by Crippen LogP contribution is 2.43. The zero-order valence-electron chi connectivity index (χ0n) is 27.8. The highest BCUT2D eigenvalue weighted by atomic mass is 31.2. The highest BCUT2D eigenvalue weighted by molar-refractivity contribution is 7.47. The van der Waals surface area contributed by atoms with E-state index in [-0.39, 0.29) is 19.6 Å². The van der Waals surface area contributed by atoms with E-state index in [0.717, 1.165) is 57.8 Å². The number of phosphoric acid groups is 1. The molecule has 0 aliphatic rings. The molecule has 0 radical (unpaired) electrons. The van der Waals surface area contributed by atoms with Crippen LogP contribution >= 0.6 is 7.82 Å². The molecule has 6 N–H and O–H groups in total. The van der Waals surface area contributed by atoms with Crippen LogP contribution in [-0.4, -0.2) is 59.0 Å². The van der Waals surface area contributed by atoms with Crippen LogP contribution < -0.4 is 11.1 Å². The van der Waals surface area contributed by atoms with Crippen molar-refractivity contribution in [3.8, 4) is 0 Å². The van der Waals surface area contributed by atoms with Gasteiger partial charge in [0.05, 0.1) is 37.9 Å². The smallest absolute Gasteiger partial charge is 0.393 e. The van der Waals surface area contributed by atoms with Crippen LogP contribution in [0.4, 0.5) is 0 Å². The Morgan fingerprint density at radius 2 is 1.32 bits per heavy atom. The fourth-order valence-corrected chi connectivity index (χ4v) is 5.39. The van der Waals surface area contributed by atoms with Crippen LogP contribution in [0.3, 0.4) is 0 Å². The Hall–Kier alpha value is -1.32. The van der Waals surface area contributed by atoms with Crippen LogP contribution in [0, 0.1) is 0 Å². The van der Waals surface area contributed by atoms with Crippen molar-refractivity contribution < 1.29 is 33.5 Å². The number of hydrogen-bond donors (Lipinski definition) is 5. The average molecular weight is 645 g/mol. The summed E-state index contributed by atoms with van der Waals surface area (Å²) in [5.41, 5.74) is 5.32. The van der Waals surface area contributed by atoms with Crippen LogP contribution in [0.5, 0.6) is 0 Å². The number of hydrogen-bond acceptors (Lipinski definition) is 7. The SMILES string of the molecule is CCCCC/C=C\C=C/CCCCCCC(O)CC(=O)NC(COP(=O)(O)OCCN)C(O)/C=C/CCCCCCCCC. The van der Waals surface area contributed by atoms with E-state index in [9.17, 15) is 24.5 Å². The minimum absolute atomic E-state index is 0.0455. The molecule has 0 aromatic heterocycles. The molecule has 0 spiro atoms. The van der Waals surface area contributed by atoms with Crippen LogP contribution in [0.25, 0.3) is 0 Å². The van der Waals surface area contributed by atoms with Gasteiger partial charge in [-0.15, -0.1) is 0 Å². The lowest BCUT2D eigenvalue weighted by Gasteiger charge is -2.24. The minimum Gasteiger partial charge on any atom is -0.393 e. The number of unbranched alkanes of at least 4 members (excludes halogenated alkanes) is 14. The van der Waals surface area contributed by atoms with E-state index >= 15 is 0 Å². The van der Waals surface area contributed by atoms with E-state index in [0.29, 0.717) is 6.42 Å². The summed E-state index contributed by atoms with van der Waals surface area (Å²) in [7, 11) is -4.39. The molecular formula is C34H65N2O7P. The summed E-state index contributed by atoms with van der Waals surface area (Å²) in [6.07, 6.45) is 29.5. The largest absolute Gasteiger partial charge is 0.472 e. The fourth-order valence-electron chi connectivity index (χ4n) is 4.63. The summed E-state index contributed by atoms with van der Waals surface area (Å²) < 4.78 is 21.9. The summed E-state index contributed by atoms with van der Waals surface area (Å²) >= 11 is 0. The van der Waals surface area contributed by atoms with Crippen LogP contribution in [0.15, 0.2) is 36.5 Å². The molecule has 1 amide bonds. The van der Waals surface area contributed by atoms with E-state index < -0.39 is 38.6 Å². The van der Waals surface area contributed by atoms with E-state index in [1.54, 1.807) is 6.08 Å². The third-order valence-electron chi connectivity index (χ3n) is 7.29. The van der Waals surface area contributed by atoms with Gasteiger partial charge in [-0.3, -0.25) is 13.8 Å². The van der Waals surface area contributed by atoms with Gasteiger partial charge >= 0.3 is 7.82 Å². The molecule has 4 atom stereocenters. The molecule has 9 nitrogen and oxygen atoms in total. The number of carbonyl (C=O) groups is 1. The number of aliphatic hydroxyl groups excluding tert-OH is 2. The predicted molar refractivity (Wildman–Crippen MR) is 181 cm³/mol. The molecular weight excluding hydrogens is 579 g/mol. The zero-order valence-corrected chi connectivity index (χ0v) is 28.6. The van der Waals surface area contributed by atoms with Gasteiger partial charge in [-0.25, -0.2) is 4.57 Å². The number of phosphoric ester groups is 1. The standard InChI is InChI=1S/C34H65N2O7P/c1-3-5-7-9-11-13-14-15-16-18-19-21-23-25-31(37)29-34(39)36-32(30-43-44(40,41)42-28-27-35)33(38)26-24-22-20-17-12-10-8-6-4-2/h11,13-15,24,26,31-33,37-38H,3-10,12,16-23,25,27-30,35H2,1-2H3,(H,36,39)(H,40,41)/b13-11-,15-14-,26-24+.